The van der Waals surface area contributed by atoms with E-state index in [1.165, 1.54) is 13.2 Å². The van der Waals surface area contributed by atoms with E-state index < -0.39 is 12.0 Å². The molecule has 3 unspecified atom stereocenters. The molecule has 0 saturated heterocycles. The van der Waals surface area contributed by atoms with Crippen LogP contribution in [-0.4, -0.2) is 50.5 Å². The maximum Gasteiger partial charge on any atom is 0.161 e. The van der Waals surface area contributed by atoms with E-state index in [2.05, 4.69) is 4.98 Å². The molecular formula is C36H41NO7. The number of hydrogen-bond acceptors (Lipinski definition) is 7. The Bertz CT molecular complexity index is 1530. The zero-order chi connectivity index (χ0) is 31.1. The maximum atomic E-state index is 14.0. The molecule has 4 aromatic rings. The van der Waals surface area contributed by atoms with Gasteiger partial charge in [-0.15, -0.1) is 0 Å². The van der Waals surface area contributed by atoms with Gasteiger partial charge in [0, 0.05) is 24.7 Å². The van der Waals surface area contributed by atoms with Crippen LogP contribution in [0.2, 0.25) is 0 Å². The van der Waals surface area contributed by atoms with Gasteiger partial charge in [0.2, 0.25) is 0 Å². The lowest BCUT2D eigenvalue weighted by molar-refractivity contribution is -0.123. The van der Waals surface area contributed by atoms with Gasteiger partial charge in [-0.25, -0.2) is 0 Å². The Kier molecular flexibility index (Phi) is 10.1. The summed E-state index contributed by atoms with van der Waals surface area (Å²) < 4.78 is 11.4. The molecule has 0 bridgehead atoms. The van der Waals surface area contributed by atoms with Gasteiger partial charge in [0.15, 0.2) is 23.0 Å². The standard InChI is InChI=1S/C36H41NO7/c1-43-35-18-24(10-11-31(35)39)17-30(26-5-4-6-28(38)20-26)34(42)21-33(41)27(16-25-13-14-37-22-25)15-23-9-12-32(40)36(19-23)44-29-7-2-3-8-29/h4-6,9-14,18-20,22,27,29-30,33,37-41H,2-3,7-8,15-17,21H2,1H3. The number of rotatable bonds is 14. The highest BCUT2D eigenvalue weighted by Gasteiger charge is 2.29. The molecule has 0 radical (unpaired) electrons. The number of methoxy groups -OCH3 is 1. The lowest BCUT2D eigenvalue weighted by Gasteiger charge is -2.25. The normalized spacial score (nSPS) is 15.5. The molecule has 1 heterocycles. The summed E-state index contributed by atoms with van der Waals surface area (Å²) in [7, 11) is 1.47. The third-order valence-corrected chi connectivity index (χ3v) is 8.58. The number of hydrogen-bond donors (Lipinski definition) is 5. The smallest absolute Gasteiger partial charge is 0.161 e. The van der Waals surface area contributed by atoms with Crippen molar-refractivity contribution in [2.24, 2.45) is 5.92 Å². The van der Waals surface area contributed by atoms with Crippen LogP contribution in [0.25, 0.3) is 0 Å². The Hall–Kier alpha value is -4.43. The summed E-state index contributed by atoms with van der Waals surface area (Å²) in [6.07, 6.45) is 8.27. The Morgan fingerprint density at radius 2 is 1.55 bits per heavy atom. The van der Waals surface area contributed by atoms with E-state index in [4.69, 9.17) is 9.47 Å². The number of benzene rings is 3. The molecule has 3 atom stereocenters. The molecule has 0 aliphatic heterocycles. The van der Waals surface area contributed by atoms with Crippen molar-refractivity contribution < 1.29 is 34.7 Å². The first-order valence-electron chi connectivity index (χ1n) is 15.2. The fraction of sp³-hybridized carbons (Fsp3) is 0.361. The first-order chi connectivity index (χ1) is 21.3. The number of ketones is 1. The lowest BCUT2D eigenvalue weighted by Crippen LogP contribution is -2.30. The van der Waals surface area contributed by atoms with E-state index in [1.807, 2.05) is 30.6 Å². The number of carbonyl (C=O) groups excluding carboxylic acids is 1. The summed E-state index contributed by atoms with van der Waals surface area (Å²) in [5, 5.41) is 42.3. The third kappa shape index (κ3) is 7.94. The largest absolute Gasteiger partial charge is 0.508 e. The second kappa shape index (κ2) is 14.4. The van der Waals surface area contributed by atoms with E-state index in [-0.39, 0.29) is 41.5 Å². The summed E-state index contributed by atoms with van der Waals surface area (Å²) in [6, 6.07) is 18.9. The van der Waals surface area contributed by atoms with Crippen LogP contribution in [0.1, 0.15) is 60.3 Å². The van der Waals surface area contributed by atoms with Gasteiger partial charge in [-0.3, -0.25) is 4.79 Å². The number of Topliss-reactive ketones (excluding diaryl/α,β-unsaturated/α-hetero) is 1. The highest BCUT2D eigenvalue weighted by Crippen LogP contribution is 2.35. The monoisotopic (exact) mass is 599 g/mol. The van der Waals surface area contributed by atoms with Crippen molar-refractivity contribution in [3.8, 4) is 28.7 Å². The van der Waals surface area contributed by atoms with E-state index >= 15 is 0 Å². The summed E-state index contributed by atoms with van der Waals surface area (Å²) in [5.74, 6) is -0.183. The summed E-state index contributed by atoms with van der Waals surface area (Å²) in [4.78, 5) is 17.0. The van der Waals surface area contributed by atoms with Crippen molar-refractivity contribution >= 4 is 5.78 Å². The van der Waals surface area contributed by atoms with Crippen molar-refractivity contribution in [3.05, 3.63) is 101 Å². The number of nitrogens with one attached hydrogen (secondary N) is 1. The van der Waals surface area contributed by atoms with Crippen LogP contribution >= 0.6 is 0 Å². The van der Waals surface area contributed by atoms with Gasteiger partial charge >= 0.3 is 0 Å². The maximum absolute atomic E-state index is 14.0. The number of aromatic hydroxyl groups is 3. The van der Waals surface area contributed by atoms with Crippen LogP contribution < -0.4 is 9.47 Å². The molecule has 5 N–H and O–H groups in total. The minimum atomic E-state index is -0.959. The van der Waals surface area contributed by atoms with Gasteiger partial charge in [-0.05, 0) is 116 Å². The number of ether oxygens (including phenoxy) is 2. The number of aliphatic hydroxyl groups excluding tert-OH is 1. The third-order valence-electron chi connectivity index (χ3n) is 8.58. The highest BCUT2D eigenvalue weighted by molar-refractivity contribution is 5.86. The molecule has 1 aromatic heterocycles. The van der Waals surface area contributed by atoms with E-state index in [1.54, 1.807) is 42.5 Å². The predicted molar refractivity (Wildman–Crippen MR) is 168 cm³/mol. The van der Waals surface area contributed by atoms with Crippen LogP contribution in [0.15, 0.2) is 79.1 Å². The summed E-state index contributed by atoms with van der Waals surface area (Å²) in [6.45, 7) is 0. The first kappa shape index (κ1) is 31.0. The van der Waals surface area contributed by atoms with E-state index in [0.717, 1.165) is 42.4 Å². The number of carbonyl (C=O) groups is 1. The molecule has 1 saturated carbocycles. The lowest BCUT2D eigenvalue weighted by atomic mass is 9.81. The minimum absolute atomic E-state index is 0.00512. The fourth-order valence-corrected chi connectivity index (χ4v) is 6.16. The number of H-pyrrole nitrogens is 1. The predicted octanol–water partition coefficient (Wildman–Crippen LogP) is 6.21. The molecule has 3 aromatic carbocycles. The van der Waals surface area contributed by atoms with Crippen LogP contribution in [0.4, 0.5) is 0 Å². The Morgan fingerprint density at radius 1 is 0.864 bits per heavy atom. The average Bonchev–Trinajstić information content (AvgIpc) is 3.72. The van der Waals surface area contributed by atoms with Gasteiger partial charge in [0.05, 0.1) is 19.3 Å². The second-order valence-electron chi connectivity index (χ2n) is 11.8. The number of phenols is 3. The number of aromatic nitrogens is 1. The van der Waals surface area contributed by atoms with Crippen LogP contribution in [0.5, 0.6) is 28.7 Å². The molecule has 1 aliphatic rings. The van der Waals surface area contributed by atoms with Crippen molar-refractivity contribution in [1.29, 1.82) is 0 Å². The van der Waals surface area contributed by atoms with Gasteiger partial charge in [-0.2, -0.15) is 0 Å². The first-order valence-corrected chi connectivity index (χ1v) is 15.2. The van der Waals surface area contributed by atoms with Crippen molar-refractivity contribution in [2.75, 3.05) is 7.11 Å². The second-order valence-corrected chi connectivity index (χ2v) is 11.8. The highest BCUT2D eigenvalue weighted by atomic mass is 16.5. The Labute approximate surface area is 257 Å². The topological polar surface area (TPSA) is 132 Å². The van der Waals surface area contributed by atoms with Gasteiger partial charge in [-0.1, -0.05) is 24.3 Å². The number of aliphatic hydroxyl groups is 1. The number of phenolic OH excluding ortho intramolecular Hbond substituents is 3. The molecular weight excluding hydrogens is 558 g/mol. The SMILES string of the molecule is COc1cc(CC(C(=O)CC(O)C(Cc2cc[nH]c2)Cc2ccc(O)c(OC3CCCC3)c2)c2cccc(O)c2)ccc1O. The molecule has 8 heteroatoms. The minimum Gasteiger partial charge on any atom is -0.508 e. The van der Waals surface area contributed by atoms with Crippen molar-refractivity contribution in [2.45, 2.75) is 69.5 Å². The molecule has 5 rings (SSSR count). The van der Waals surface area contributed by atoms with Gasteiger partial charge in [0.25, 0.3) is 0 Å². The Morgan fingerprint density at radius 3 is 2.23 bits per heavy atom. The zero-order valence-corrected chi connectivity index (χ0v) is 25.0. The van der Waals surface area contributed by atoms with Gasteiger partial charge < -0.3 is 34.9 Å². The summed E-state index contributed by atoms with van der Waals surface area (Å²) in [5.41, 5.74) is 3.34. The van der Waals surface area contributed by atoms with Crippen LogP contribution in [-0.2, 0) is 24.1 Å². The zero-order valence-electron chi connectivity index (χ0n) is 25.0. The average molecular weight is 600 g/mol. The number of aromatic amines is 1. The van der Waals surface area contributed by atoms with Crippen LogP contribution in [0, 0.1) is 5.92 Å². The molecule has 232 valence electrons. The summed E-state index contributed by atoms with van der Waals surface area (Å²) >= 11 is 0. The van der Waals surface area contributed by atoms with Crippen molar-refractivity contribution in [1.82, 2.24) is 4.98 Å². The quantitative estimate of drug-likeness (QED) is 0.116. The van der Waals surface area contributed by atoms with Gasteiger partial charge in [0.1, 0.15) is 11.5 Å². The fourth-order valence-electron chi connectivity index (χ4n) is 6.16. The van der Waals surface area contributed by atoms with E-state index in [0.29, 0.717) is 36.3 Å². The molecule has 0 spiro atoms. The van der Waals surface area contributed by atoms with Crippen molar-refractivity contribution in [3.63, 3.8) is 0 Å². The molecule has 1 fully saturated rings. The van der Waals surface area contributed by atoms with E-state index in [9.17, 15) is 25.2 Å². The molecule has 0 amide bonds. The molecule has 8 nitrogen and oxygen atoms in total. The molecule has 1 aliphatic carbocycles. The van der Waals surface area contributed by atoms with Crippen LogP contribution in [0.3, 0.4) is 0 Å². The molecule has 44 heavy (non-hydrogen) atoms. The Balaban J connectivity index is 1.37.